The van der Waals surface area contributed by atoms with Gasteiger partial charge in [0.15, 0.2) is 0 Å². The minimum absolute atomic E-state index is 0.233. The van der Waals surface area contributed by atoms with Gasteiger partial charge in [-0.1, -0.05) is 17.7 Å². The van der Waals surface area contributed by atoms with Gasteiger partial charge >= 0.3 is 0 Å². The highest BCUT2D eigenvalue weighted by molar-refractivity contribution is 6.30. The lowest BCUT2D eigenvalue weighted by Gasteiger charge is -2.06. The molecule has 1 rings (SSSR count). The van der Waals surface area contributed by atoms with Crippen molar-refractivity contribution in [2.24, 2.45) is 0 Å². The van der Waals surface area contributed by atoms with Gasteiger partial charge < -0.3 is 0 Å². The maximum absolute atomic E-state index is 12.7. The van der Waals surface area contributed by atoms with Crippen molar-refractivity contribution in [2.75, 3.05) is 0 Å². The highest BCUT2D eigenvalue weighted by Crippen LogP contribution is 2.27. The van der Waals surface area contributed by atoms with Crippen LogP contribution in [-0.2, 0) is 0 Å². The highest BCUT2D eigenvalue weighted by atomic mass is 35.5. The Kier molecular flexibility index (Phi) is 1.91. The van der Waals surface area contributed by atoms with E-state index in [1.54, 1.807) is 6.92 Å². The van der Waals surface area contributed by atoms with E-state index in [2.05, 4.69) is 0 Å². The SMILES string of the molecule is CC1=CCCC(Cl)=C1F. The Hall–Kier alpha value is -0.300. The summed E-state index contributed by atoms with van der Waals surface area (Å²) in [6.45, 7) is 1.73. The Morgan fingerprint density at radius 2 is 2.33 bits per heavy atom. The molecule has 0 amide bonds. The second kappa shape index (κ2) is 2.53. The molecule has 0 aliphatic heterocycles. The second-order valence-electron chi connectivity index (χ2n) is 2.14. The number of rotatable bonds is 0. The van der Waals surface area contributed by atoms with Crippen LogP contribution in [0.2, 0.25) is 0 Å². The summed E-state index contributed by atoms with van der Waals surface area (Å²) in [6.07, 6.45) is 3.39. The molecule has 0 saturated carbocycles. The quantitative estimate of drug-likeness (QED) is 0.493. The summed E-state index contributed by atoms with van der Waals surface area (Å²) in [5, 5.41) is 0.370. The van der Waals surface area contributed by atoms with Crippen molar-refractivity contribution in [3.8, 4) is 0 Å². The zero-order valence-corrected chi connectivity index (χ0v) is 6.00. The summed E-state index contributed by atoms with van der Waals surface area (Å²) in [7, 11) is 0. The maximum atomic E-state index is 12.7. The molecule has 1 aliphatic carbocycles. The van der Waals surface area contributed by atoms with Gasteiger partial charge in [0, 0.05) is 0 Å². The molecule has 0 radical (unpaired) electrons. The van der Waals surface area contributed by atoms with Crippen LogP contribution in [0.3, 0.4) is 0 Å². The zero-order valence-electron chi connectivity index (χ0n) is 5.25. The fourth-order valence-corrected chi connectivity index (χ4v) is 1.09. The first kappa shape index (κ1) is 6.81. The third kappa shape index (κ3) is 1.33. The van der Waals surface area contributed by atoms with Crippen molar-refractivity contribution >= 4 is 11.6 Å². The van der Waals surface area contributed by atoms with E-state index in [1.807, 2.05) is 6.08 Å². The molecule has 0 unspecified atom stereocenters. The summed E-state index contributed by atoms with van der Waals surface area (Å²) < 4.78 is 12.7. The molecule has 0 spiro atoms. The van der Waals surface area contributed by atoms with Gasteiger partial charge in [-0.25, -0.2) is 4.39 Å². The fraction of sp³-hybridized carbons (Fsp3) is 0.429. The lowest BCUT2D eigenvalue weighted by Crippen LogP contribution is -1.89. The molecule has 1 aliphatic rings. The highest BCUT2D eigenvalue weighted by Gasteiger charge is 2.09. The lowest BCUT2D eigenvalue weighted by atomic mass is 10.1. The molecule has 0 aromatic carbocycles. The van der Waals surface area contributed by atoms with Crippen LogP contribution >= 0.6 is 11.6 Å². The van der Waals surface area contributed by atoms with Crippen LogP contribution < -0.4 is 0 Å². The largest absolute Gasteiger partial charge is 0.205 e. The maximum Gasteiger partial charge on any atom is 0.140 e. The molecule has 9 heavy (non-hydrogen) atoms. The van der Waals surface area contributed by atoms with E-state index in [4.69, 9.17) is 11.6 Å². The van der Waals surface area contributed by atoms with E-state index in [-0.39, 0.29) is 5.83 Å². The minimum Gasteiger partial charge on any atom is -0.205 e. The summed E-state index contributed by atoms with van der Waals surface area (Å²) in [5.41, 5.74) is 0.672. The molecule has 0 atom stereocenters. The van der Waals surface area contributed by atoms with Crippen molar-refractivity contribution in [2.45, 2.75) is 19.8 Å². The number of allylic oxidation sites excluding steroid dienone is 4. The van der Waals surface area contributed by atoms with Crippen LogP contribution in [0.5, 0.6) is 0 Å². The average Bonchev–Trinajstić information content (AvgIpc) is 1.83. The van der Waals surface area contributed by atoms with Crippen molar-refractivity contribution in [1.82, 2.24) is 0 Å². The molecular formula is C7H8ClF. The minimum atomic E-state index is -0.233. The molecule has 0 bridgehead atoms. The third-order valence-electron chi connectivity index (χ3n) is 1.40. The molecule has 50 valence electrons. The van der Waals surface area contributed by atoms with E-state index in [9.17, 15) is 4.39 Å². The standard InChI is InChI=1S/C7H8ClF/c1-5-3-2-4-6(8)7(5)9/h3H,2,4H2,1H3. The van der Waals surface area contributed by atoms with E-state index < -0.39 is 0 Å². The molecule has 0 fully saturated rings. The second-order valence-corrected chi connectivity index (χ2v) is 2.60. The predicted molar refractivity (Wildman–Crippen MR) is 37.0 cm³/mol. The number of hydrogen-bond acceptors (Lipinski definition) is 0. The summed E-state index contributed by atoms with van der Waals surface area (Å²) >= 11 is 5.53. The third-order valence-corrected chi connectivity index (χ3v) is 1.75. The zero-order chi connectivity index (χ0) is 6.85. The van der Waals surface area contributed by atoms with Crippen molar-refractivity contribution in [3.63, 3.8) is 0 Å². The molecule has 2 heteroatoms. The van der Waals surface area contributed by atoms with Gasteiger partial charge in [0.1, 0.15) is 5.83 Å². The molecule has 0 saturated heterocycles. The Bertz CT molecular complexity index is 179. The molecule has 0 aromatic rings. The first-order chi connectivity index (χ1) is 4.22. The van der Waals surface area contributed by atoms with E-state index in [0.717, 1.165) is 6.42 Å². The van der Waals surface area contributed by atoms with Crippen LogP contribution in [0, 0.1) is 0 Å². The molecule has 0 aromatic heterocycles. The van der Waals surface area contributed by atoms with Crippen molar-refractivity contribution < 1.29 is 4.39 Å². The Morgan fingerprint density at radius 1 is 1.67 bits per heavy atom. The topological polar surface area (TPSA) is 0 Å². The number of hydrogen-bond donors (Lipinski definition) is 0. The molecular weight excluding hydrogens is 139 g/mol. The normalized spacial score (nSPS) is 20.1. The average molecular weight is 147 g/mol. The van der Waals surface area contributed by atoms with Crippen molar-refractivity contribution in [3.05, 3.63) is 22.5 Å². The van der Waals surface area contributed by atoms with Gasteiger partial charge in [0.25, 0.3) is 0 Å². The lowest BCUT2D eigenvalue weighted by molar-refractivity contribution is 0.631. The van der Waals surface area contributed by atoms with Crippen LogP contribution in [0.25, 0.3) is 0 Å². The first-order valence-corrected chi connectivity index (χ1v) is 3.31. The fourth-order valence-electron chi connectivity index (χ4n) is 0.829. The van der Waals surface area contributed by atoms with Gasteiger partial charge in [-0.3, -0.25) is 0 Å². The summed E-state index contributed by atoms with van der Waals surface area (Å²) in [6, 6.07) is 0. The van der Waals surface area contributed by atoms with Gasteiger partial charge in [-0.05, 0) is 25.3 Å². The molecule has 0 nitrogen and oxygen atoms in total. The van der Waals surface area contributed by atoms with E-state index in [0.29, 0.717) is 17.0 Å². The van der Waals surface area contributed by atoms with Gasteiger partial charge in [0.05, 0.1) is 5.03 Å². The van der Waals surface area contributed by atoms with E-state index in [1.165, 1.54) is 0 Å². The smallest absolute Gasteiger partial charge is 0.140 e. The number of halogens is 2. The molecule has 0 heterocycles. The first-order valence-electron chi connectivity index (χ1n) is 2.93. The Balaban J connectivity index is 2.88. The van der Waals surface area contributed by atoms with Gasteiger partial charge in [0.2, 0.25) is 0 Å². The summed E-state index contributed by atoms with van der Waals surface area (Å²) in [4.78, 5) is 0. The Morgan fingerprint density at radius 3 is 2.78 bits per heavy atom. The van der Waals surface area contributed by atoms with Crippen LogP contribution in [-0.4, -0.2) is 0 Å². The predicted octanol–water partition coefficient (Wildman–Crippen LogP) is 3.15. The molecule has 0 N–H and O–H groups in total. The summed E-state index contributed by atoms with van der Waals surface area (Å²) in [5.74, 6) is -0.233. The van der Waals surface area contributed by atoms with Crippen LogP contribution in [0.1, 0.15) is 19.8 Å². The monoisotopic (exact) mass is 146 g/mol. The van der Waals surface area contributed by atoms with Crippen LogP contribution in [0.4, 0.5) is 4.39 Å². The van der Waals surface area contributed by atoms with Crippen molar-refractivity contribution in [1.29, 1.82) is 0 Å². The van der Waals surface area contributed by atoms with Gasteiger partial charge in [-0.2, -0.15) is 0 Å². The van der Waals surface area contributed by atoms with Crippen LogP contribution in [0.15, 0.2) is 22.5 Å². The van der Waals surface area contributed by atoms with E-state index >= 15 is 0 Å². The Labute approximate surface area is 59.0 Å². The van der Waals surface area contributed by atoms with Gasteiger partial charge in [-0.15, -0.1) is 0 Å².